The Bertz CT molecular complexity index is 1190. The average molecular weight is 521 g/mol. The highest BCUT2D eigenvalue weighted by Gasteiger charge is 2.37. The van der Waals surface area contributed by atoms with Crippen LogP contribution in [0.5, 0.6) is 0 Å². The molecule has 2 unspecified atom stereocenters. The van der Waals surface area contributed by atoms with E-state index in [0.29, 0.717) is 34.9 Å². The van der Waals surface area contributed by atoms with Crippen LogP contribution in [0.15, 0.2) is 58.2 Å². The minimum Gasteiger partial charge on any atom is -0.463 e. The van der Waals surface area contributed by atoms with E-state index in [1.54, 1.807) is 24.6 Å². The second-order valence-electron chi connectivity index (χ2n) is 8.02. The first-order chi connectivity index (χ1) is 16.9. The lowest BCUT2D eigenvalue weighted by Gasteiger charge is -2.29. The Morgan fingerprint density at radius 2 is 2.23 bits per heavy atom. The van der Waals surface area contributed by atoms with Gasteiger partial charge in [-0.3, -0.25) is 14.7 Å². The molecule has 2 aliphatic rings. The molecule has 35 heavy (non-hydrogen) atoms. The number of likely N-dealkylation sites (tertiary alicyclic amines) is 1. The number of ether oxygens (including phenoxy) is 1. The number of hydrogen-bond donors (Lipinski definition) is 1. The number of aromatic nitrogens is 1. The molecule has 3 atom stereocenters. The van der Waals surface area contributed by atoms with E-state index in [4.69, 9.17) is 21.3 Å². The van der Waals surface area contributed by atoms with Gasteiger partial charge in [-0.25, -0.2) is 18.6 Å². The third kappa shape index (κ3) is 5.66. The molecule has 1 aromatic carbocycles. The molecular weight excluding hydrogens is 498 g/mol. The van der Waals surface area contributed by atoms with Gasteiger partial charge in [0.1, 0.15) is 24.3 Å². The lowest BCUT2D eigenvalue weighted by molar-refractivity contribution is -0.139. The van der Waals surface area contributed by atoms with E-state index >= 15 is 0 Å². The third-order valence-corrected chi connectivity index (χ3v) is 6.81. The number of alkyl halides is 1. The molecule has 184 valence electrons. The van der Waals surface area contributed by atoms with Crippen molar-refractivity contribution in [3.05, 3.63) is 74.6 Å². The maximum absolute atomic E-state index is 14.6. The molecule has 1 fully saturated rings. The molecule has 2 aromatic rings. The fourth-order valence-electron chi connectivity index (χ4n) is 4.16. The number of amidine groups is 1. The average Bonchev–Trinajstić information content (AvgIpc) is 3.47. The Labute approximate surface area is 210 Å². The van der Waals surface area contributed by atoms with Gasteiger partial charge in [-0.1, -0.05) is 23.7 Å². The maximum Gasteiger partial charge on any atom is 0.338 e. The summed E-state index contributed by atoms with van der Waals surface area (Å²) in [4.78, 5) is 34.7. The van der Waals surface area contributed by atoms with Crippen molar-refractivity contribution in [1.82, 2.24) is 15.2 Å². The molecule has 0 spiro atoms. The zero-order chi connectivity index (χ0) is 24.9. The minimum absolute atomic E-state index is 0.115. The highest BCUT2D eigenvalue weighted by molar-refractivity contribution is 7.11. The molecule has 1 saturated heterocycles. The summed E-state index contributed by atoms with van der Waals surface area (Å²) in [5.41, 5.74) is 1.12. The fourth-order valence-corrected chi connectivity index (χ4v) is 5.02. The minimum atomic E-state index is -1.16. The summed E-state index contributed by atoms with van der Waals surface area (Å²) in [6.07, 6.45) is 3.94. The van der Waals surface area contributed by atoms with Crippen molar-refractivity contribution in [3.63, 3.8) is 0 Å². The molecule has 0 amide bonds. The second kappa shape index (κ2) is 11.2. The van der Waals surface area contributed by atoms with Crippen molar-refractivity contribution in [1.29, 1.82) is 0 Å². The molecule has 0 radical (unpaired) electrons. The van der Waals surface area contributed by atoms with E-state index in [2.05, 4.69) is 10.3 Å². The van der Waals surface area contributed by atoms with Gasteiger partial charge in [-0.15, -0.1) is 11.3 Å². The van der Waals surface area contributed by atoms with Gasteiger partial charge in [0.05, 0.1) is 12.2 Å². The van der Waals surface area contributed by atoms with Crippen molar-refractivity contribution >= 4 is 41.0 Å². The number of thiazole rings is 1. The lowest BCUT2D eigenvalue weighted by Crippen LogP contribution is -2.39. The van der Waals surface area contributed by atoms with Crippen LogP contribution in [-0.2, 0) is 14.3 Å². The number of carbonyl (C=O) groups is 2. The summed E-state index contributed by atoms with van der Waals surface area (Å²) < 4.78 is 33.7. The van der Waals surface area contributed by atoms with Crippen LogP contribution in [0.1, 0.15) is 23.5 Å². The van der Waals surface area contributed by atoms with Gasteiger partial charge in [-0.05, 0) is 25.1 Å². The van der Waals surface area contributed by atoms with Gasteiger partial charge in [0.25, 0.3) is 0 Å². The molecule has 0 aliphatic carbocycles. The first kappa shape index (κ1) is 25.2. The van der Waals surface area contributed by atoms with Crippen molar-refractivity contribution < 1.29 is 23.1 Å². The molecule has 11 heteroatoms. The highest BCUT2D eigenvalue weighted by atomic mass is 35.5. The Morgan fingerprint density at radius 1 is 1.40 bits per heavy atom. The van der Waals surface area contributed by atoms with Crippen LogP contribution < -0.4 is 5.32 Å². The maximum atomic E-state index is 14.6. The number of nitrogens with zero attached hydrogens (tertiary/aromatic N) is 3. The number of nitrogens with one attached hydrogen (secondary N) is 1. The van der Waals surface area contributed by atoms with Crippen LogP contribution >= 0.6 is 22.9 Å². The molecule has 2 aliphatic heterocycles. The first-order valence-corrected chi connectivity index (χ1v) is 12.2. The summed E-state index contributed by atoms with van der Waals surface area (Å²) in [6.45, 7) is 2.51. The molecule has 4 rings (SSSR count). The van der Waals surface area contributed by atoms with E-state index in [1.807, 2.05) is 4.90 Å². The van der Waals surface area contributed by atoms with E-state index in [-0.39, 0.29) is 30.3 Å². The number of esters is 1. The first-order valence-electron chi connectivity index (χ1n) is 11.0. The number of aliphatic imine (C=N–C) groups is 1. The van der Waals surface area contributed by atoms with E-state index < -0.39 is 29.9 Å². The van der Waals surface area contributed by atoms with Crippen LogP contribution in [0, 0.1) is 11.7 Å². The highest BCUT2D eigenvalue weighted by Crippen LogP contribution is 2.37. The van der Waals surface area contributed by atoms with Crippen molar-refractivity contribution in [2.75, 3.05) is 26.2 Å². The van der Waals surface area contributed by atoms with Crippen molar-refractivity contribution in [2.45, 2.75) is 19.1 Å². The smallest absolute Gasteiger partial charge is 0.338 e. The number of allylic oxidation sites excluding steroid dienone is 1. The van der Waals surface area contributed by atoms with Gasteiger partial charge < -0.3 is 10.1 Å². The second-order valence-corrected chi connectivity index (χ2v) is 9.32. The van der Waals surface area contributed by atoms with Crippen molar-refractivity contribution in [3.8, 4) is 0 Å². The van der Waals surface area contributed by atoms with Crippen LogP contribution in [0.3, 0.4) is 0 Å². The largest absolute Gasteiger partial charge is 0.463 e. The summed E-state index contributed by atoms with van der Waals surface area (Å²) in [5.74, 6) is -1.14. The number of halogens is 3. The molecule has 0 saturated carbocycles. The standard InChI is InChI=1S/C24H23ClF2N4O3S/c1-2-34-24(33)20-19(13-31-11-14(4-3-8-32)18(27)12-31)29-22(23-28-7-9-35-23)30-21(20)16-6-5-15(26)10-17(16)25/h3-10,14,18,21H,2,11-13H2,1H3,(H,29,30)/b4-3+/t14?,18?,21-/m0/s1. The van der Waals surface area contributed by atoms with E-state index in [9.17, 15) is 18.4 Å². The van der Waals surface area contributed by atoms with Gasteiger partial charge in [0.15, 0.2) is 10.8 Å². The molecule has 7 nitrogen and oxygen atoms in total. The summed E-state index contributed by atoms with van der Waals surface area (Å²) in [5, 5.41) is 5.69. The molecule has 1 aromatic heterocycles. The lowest BCUT2D eigenvalue weighted by atomic mass is 9.95. The molecular formula is C24H23ClF2N4O3S. The third-order valence-electron chi connectivity index (χ3n) is 5.70. The van der Waals surface area contributed by atoms with E-state index in [0.717, 1.165) is 6.07 Å². The van der Waals surface area contributed by atoms with Crippen LogP contribution in [0.4, 0.5) is 8.78 Å². The Balaban J connectivity index is 1.76. The Kier molecular flexibility index (Phi) is 8.04. The Hall–Kier alpha value is -2.95. The number of carbonyl (C=O) groups excluding carboxylic acids is 2. The number of hydrogen-bond acceptors (Lipinski definition) is 8. The summed E-state index contributed by atoms with van der Waals surface area (Å²) in [7, 11) is 0. The van der Waals surface area contributed by atoms with Gasteiger partial charge in [-0.2, -0.15) is 0 Å². The zero-order valence-corrected chi connectivity index (χ0v) is 20.4. The zero-order valence-electron chi connectivity index (χ0n) is 18.8. The number of rotatable bonds is 8. The number of benzene rings is 1. The molecule has 1 N–H and O–H groups in total. The SMILES string of the molecule is CCOC(=O)C1=C(CN2CC(F)C(/C=C/C=O)C2)NC(c2nccs2)=N[C@H]1c1ccc(F)cc1Cl. The van der Waals surface area contributed by atoms with E-state index in [1.165, 1.54) is 29.5 Å². The predicted octanol–water partition coefficient (Wildman–Crippen LogP) is 3.87. The number of aldehydes is 1. The summed E-state index contributed by atoms with van der Waals surface area (Å²) in [6, 6.07) is 3.02. The summed E-state index contributed by atoms with van der Waals surface area (Å²) >= 11 is 7.73. The topological polar surface area (TPSA) is 83.9 Å². The van der Waals surface area contributed by atoms with Crippen LogP contribution in [-0.4, -0.2) is 60.4 Å². The van der Waals surface area contributed by atoms with Crippen LogP contribution in [0.25, 0.3) is 0 Å². The van der Waals surface area contributed by atoms with Gasteiger partial charge >= 0.3 is 5.97 Å². The normalized spacial score (nSPS) is 22.9. The van der Waals surface area contributed by atoms with Crippen molar-refractivity contribution in [2.24, 2.45) is 10.9 Å². The monoisotopic (exact) mass is 520 g/mol. The van der Waals surface area contributed by atoms with Crippen LogP contribution in [0.2, 0.25) is 5.02 Å². The molecule has 0 bridgehead atoms. The van der Waals surface area contributed by atoms with Gasteiger partial charge in [0.2, 0.25) is 0 Å². The quantitative estimate of drug-likeness (QED) is 0.323. The fraction of sp³-hybridized carbons (Fsp3) is 0.333. The molecule has 3 heterocycles. The Morgan fingerprint density at radius 3 is 2.91 bits per heavy atom. The predicted molar refractivity (Wildman–Crippen MR) is 130 cm³/mol. The van der Waals surface area contributed by atoms with Gasteiger partial charge in [0, 0.05) is 53.4 Å².